The number of carbonyl (C=O) groups is 1. The largest absolute Gasteiger partial charge is 0.377 e. The molecule has 0 bridgehead atoms. The van der Waals surface area contributed by atoms with E-state index in [-0.39, 0.29) is 12.1 Å². The van der Waals surface area contributed by atoms with E-state index in [2.05, 4.69) is 19.2 Å². The molecule has 4 nitrogen and oxygen atoms in total. The predicted molar refractivity (Wildman–Crippen MR) is 77.2 cm³/mol. The maximum absolute atomic E-state index is 11.9. The van der Waals surface area contributed by atoms with Gasteiger partial charge in [-0.2, -0.15) is 11.8 Å². The number of hydrogen-bond donors (Lipinski definition) is 1. The van der Waals surface area contributed by atoms with Crippen molar-refractivity contribution in [2.75, 3.05) is 37.8 Å². The second-order valence-electron chi connectivity index (χ2n) is 5.17. The van der Waals surface area contributed by atoms with Crippen LogP contribution in [0.4, 0.5) is 4.79 Å². The van der Waals surface area contributed by atoms with Gasteiger partial charge in [0.1, 0.15) is 0 Å². The first-order valence-electron chi connectivity index (χ1n) is 6.81. The maximum atomic E-state index is 11.9. The summed E-state index contributed by atoms with van der Waals surface area (Å²) in [6.07, 6.45) is 1.04. The Morgan fingerprint density at radius 3 is 3.00 bits per heavy atom. The van der Waals surface area contributed by atoms with Crippen LogP contribution in [0.1, 0.15) is 27.2 Å². The summed E-state index contributed by atoms with van der Waals surface area (Å²) in [5, 5.41) is 2.99. The zero-order valence-corrected chi connectivity index (χ0v) is 12.6. The van der Waals surface area contributed by atoms with Crippen molar-refractivity contribution in [2.24, 2.45) is 5.92 Å². The van der Waals surface area contributed by atoms with Crippen molar-refractivity contribution < 1.29 is 9.53 Å². The molecule has 1 aliphatic heterocycles. The van der Waals surface area contributed by atoms with Gasteiger partial charge < -0.3 is 15.0 Å². The summed E-state index contributed by atoms with van der Waals surface area (Å²) in [7, 11) is 0. The number of ether oxygens (including phenoxy) is 1. The molecule has 1 rings (SSSR count). The second-order valence-corrected chi connectivity index (χ2v) is 6.32. The molecule has 1 N–H and O–H groups in total. The number of rotatable bonds is 6. The average Bonchev–Trinajstić information content (AvgIpc) is 2.33. The third kappa shape index (κ3) is 5.96. The van der Waals surface area contributed by atoms with Crippen molar-refractivity contribution in [3.05, 3.63) is 0 Å². The van der Waals surface area contributed by atoms with E-state index >= 15 is 0 Å². The number of thioether (sulfide) groups is 1. The highest BCUT2D eigenvalue weighted by Crippen LogP contribution is 2.09. The van der Waals surface area contributed by atoms with Crippen LogP contribution in [0.5, 0.6) is 0 Å². The van der Waals surface area contributed by atoms with Crippen molar-refractivity contribution in [1.29, 1.82) is 0 Å². The number of nitrogens with one attached hydrogen (secondary N) is 1. The van der Waals surface area contributed by atoms with Crippen LogP contribution < -0.4 is 5.32 Å². The van der Waals surface area contributed by atoms with E-state index in [1.54, 1.807) is 0 Å². The van der Waals surface area contributed by atoms with Gasteiger partial charge in [0.05, 0.1) is 19.3 Å². The minimum atomic E-state index is 0.0552. The third-order valence-corrected chi connectivity index (χ3v) is 4.30. The molecule has 0 aliphatic carbocycles. The van der Waals surface area contributed by atoms with Gasteiger partial charge in [-0.15, -0.1) is 0 Å². The highest BCUT2D eigenvalue weighted by atomic mass is 32.2. The molecule has 0 aromatic carbocycles. The predicted octanol–water partition coefficient (Wildman–Crippen LogP) is 2.20. The van der Waals surface area contributed by atoms with E-state index in [4.69, 9.17) is 4.74 Å². The fourth-order valence-electron chi connectivity index (χ4n) is 1.82. The highest BCUT2D eigenvalue weighted by molar-refractivity contribution is 7.99. The minimum absolute atomic E-state index is 0.0552. The Kier molecular flexibility index (Phi) is 7.51. The summed E-state index contributed by atoms with van der Waals surface area (Å²) in [5.41, 5.74) is 0. The molecular weight excluding hydrogens is 248 g/mol. The highest BCUT2D eigenvalue weighted by Gasteiger charge is 2.22. The van der Waals surface area contributed by atoms with Crippen molar-refractivity contribution in [3.8, 4) is 0 Å². The average molecular weight is 274 g/mol. The van der Waals surface area contributed by atoms with E-state index in [1.165, 1.54) is 5.75 Å². The van der Waals surface area contributed by atoms with Gasteiger partial charge in [0.2, 0.25) is 0 Å². The van der Waals surface area contributed by atoms with Crippen LogP contribution in [0.2, 0.25) is 0 Å². The molecule has 0 unspecified atom stereocenters. The molecule has 1 atom stereocenters. The molecule has 18 heavy (non-hydrogen) atoms. The number of amides is 2. The molecule has 106 valence electrons. The van der Waals surface area contributed by atoms with Gasteiger partial charge in [-0.1, -0.05) is 13.8 Å². The van der Waals surface area contributed by atoms with Crippen molar-refractivity contribution in [2.45, 2.75) is 33.2 Å². The molecule has 0 aromatic rings. The zero-order valence-electron chi connectivity index (χ0n) is 11.8. The Bertz CT molecular complexity index is 249. The Morgan fingerprint density at radius 1 is 1.56 bits per heavy atom. The molecule has 5 heteroatoms. The minimum Gasteiger partial charge on any atom is -0.377 e. The molecule has 1 saturated heterocycles. The van der Waals surface area contributed by atoms with Crippen LogP contribution in [0.3, 0.4) is 0 Å². The normalized spacial score (nSPS) is 20.2. The van der Waals surface area contributed by atoms with Gasteiger partial charge in [-0.05, 0) is 30.8 Å². The van der Waals surface area contributed by atoms with Crippen molar-refractivity contribution >= 4 is 17.8 Å². The quantitative estimate of drug-likeness (QED) is 0.755. The first-order valence-corrected chi connectivity index (χ1v) is 7.96. The lowest BCUT2D eigenvalue weighted by atomic mass is 10.3. The SMILES string of the molecule is CC(C)CSCCCNC(=O)N1CCOC[C@H]1C. The standard InChI is InChI=1S/C13H26N2O2S/c1-11(2)10-18-8-4-5-14-13(16)15-6-7-17-9-12(15)3/h11-12H,4-10H2,1-3H3,(H,14,16)/t12-/m1/s1. The van der Waals surface area contributed by atoms with Gasteiger partial charge >= 0.3 is 6.03 Å². The fraction of sp³-hybridized carbons (Fsp3) is 0.923. The smallest absolute Gasteiger partial charge is 0.317 e. The molecule has 2 amide bonds. The fourth-order valence-corrected chi connectivity index (χ4v) is 2.81. The van der Waals surface area contributed by atoms with Gasteiger partial charge in [-0.3, -0.25) is 0 Å². The molecule has 1 aliphatic rings. The topological polar surface area (TPSA) is 41.6 Å². The summed E-state index contributed by atoms with van der Waals surface area (Å²) >= 11 is 1.96. The van der Waals surface area contributed by atoms with E-state index in [0.717, 1.165) is 24.6 Å². The Hall–Kier alpha value is -0.420. The van der Waals surface area contributed by atoms with E-state index < -0.39 is 0 Å². The van der Waals surface area contributed by atoms with Crippen molar-refractivity contribution in [3.63, 3.8) is 0 Å². The lowest BCUT2D eigenvalue weighted by Gasteiger charge is -2.33. The zero-order chi connectivity index (χ0) is 13.4. The number of nitrogens with zero attached hydrogens (tertiary/aromatic N) is 1. The van der Waals surface area contributed by atoms with Crippen LogP contribution in [0.15, 0.2) is 0 Å². The molecule has 0 saturated carbocycles. The number of morpholine rings is 1. The molecular formula is C13H26N2O2S. The van der Waals surface area contributed by atoms with Crippen LogP contribution in [0.25, 0.3) is 0 Å². The van der Waals surface area contributed by atoms with Crippen molar-refractivity contribution in [1.82, 2.24) is 10.2 Å². The third-order valence-electron chi connectivity index (χ3n) is 2.82. The summed E-state index contributed by atoms with van der Waals surface area (Å²) in [6.45, 7) is 9.27. The lowest BCUT2D eigenvalue weighted by Crippen LogP contribution is -2.51. The van der Waals surface area contributed by atoms with E-state index in [1.807, 2.05) is 23.6 Å². The number of hydrogen-bond acceptors (Lipinski definition) is 3. The van der Waals surface area contributed by atoms with Gasteiger partial charge in [0.25, 0.3) is 0 Å². The summed E-state index contributed by atoms with van der Waals surface area (Å²) in [6, 6.07) is 0.244. The number of carbonyl (C=O) groups excluding carboxylic acids is 1. The summed E-state index contributed by atoms with van der Waals surface area (Å²) in [5.74, 6) is 3.07. The monoisotopic (exact) mass is 274 g/mol. The maximum Gasteiger partial charge on any atom is 0.317 e. The van der Waals surface area contributed by atoms with Gasteiger partial charge in [0, 0.05) is 13.1 Å². The second kappa shape index (κ2) is 8.64. The van der Waals surface area contributed by atoms with E-state index in [0.29, 0.717) is 19.8 Å². The van der Waals surface area contributed by atoms with Crippen LogP contribution >= 0.6 is 11.8 Å². The molecule has 1 heterocycles. The summed E-state index contributed by atoms with van der Waals surface area (Å²) < 4.78 is 5.32. The lowest BCUT2D eigenvalue weighted by molar-refractivity contribution is 0.0191. The van der Waals surface area contributed by atoms with Gasteiger partial charge in [0.15, 0.2) is 0 Å². The first-order chi connectivity index (χ1) is 8.61. The first kappa shape index (κ1) is 15.6. The Labute approximate surface area is 115 Å². The number of urea groups is 1. The molecule has 0 spiro atoms. The van der Waals surface area contributed by atoms with Crippen LogP contribution in [0, 0.1) is 5.92 Å². The van der Waals surface area contributed by atoms with Crippen LogP contribution in [-0.2, 0) is 4.74 Å². The summed E-state index contributed by atoms with van der Waals surface area (Å²) in [4.78, 5) is 13.8. The Morgan fingerprint density at radius 2 is 2.33 bits per heavy atom. The Balaban J connectivity index is 2.06. The van der Waals surface area contributed by atoms with Crippen LogP contribution in [-0.4, -0.2) is 54.8 Å². The molecule has 0 aromatic heterocycles. The molecule has 0 radical (unpaired) electrons. The van der Waals surface area contributed by atoms with E-state index in [9.17, 15) is 4.79 Å². The van der Waals surface area contributed by atoms with Gasteiger partial charge in [-0.25, -0.2) is 4.79 Å². The molecule has 1 fully saturated rings.